The number of halogens is 3. The second kappa shape index (κ2) is 10.6. The van der Waals surface area contributed by atoms with Crippen molar-refractivity contribution in [1.82, 2.24) is 0 Å². The third-order valence-electron chi connectivity index (χ3n) is 4.31. The standard InChI is InChI=1S/C24H17Br2ClN2O2/c1-15-9-20(25)23(21(26)10-15)29-24(30)18(13-28)11-16-5-4-7-19(12-16)31-14-17-6-2-3-8-22(17)27/h2-12H,14H2,1H3,(H,29,30)/b18-11+. The lowest BCUT2D eigenvalue weighted by molar-refractivity contribution is -0.112. The summed E-state index contributed by atoms with van der Waals surface area (Å²) in [5, 5.41) is 12.9. The van der Waals surface area contributed by atoms with E-state index in [0.717, 1.165) is 20.1 Å². The van der Waals surface area contributed by atoms with Crippen molar-refractivity contribution >= 4 is 61.1 Å². The number of ether oxygens (including phenoxy) is 1. The number of aryl methyl sites for hydroxylation is 1. The predicted octanol–water partition coefficient (Wildman–Crippen LogP) is 7.30. The Morgan fingerprint density at radius 1 is 1.13 bits per heavy atom. The molecule has 0 aliphatic rings. The van der Waals surface area contributed by atoms with Crippen molar-refractivity contribution in [2.24, 2.45) is 0 Å². The summed E-state index contributed by atoms with van der Waals surface area (Å²) in [6.07, 6.45) is 1.52. The van der Waals surface area contributed by atoms with Gasteiger partial charge in [-0.25, -0.2) is 0 Å². The van der Waals surface area contributed by atoms with Gasteiger partial charge in [0.2, 0.25) is 0 Å². The third kappa shape index (κ3) is 6.20. The number of amides is 1. The normalized spacial score (nSPS) is 11.0. The minimum absolute atomic E-state index is 0.0253. The van der Waals surface area contributed by atoms with Crippen LogP contribution in [0, 0.1) is 18.3 Å². The van der Waals surface area contributed by atoms with Gasteiger partial charge in [-0.2, -0.15) is 5.26 Å². The Morgan fingerprint density at radius 2 is 1.84 bits per heavy atom. The second-order valence-electron chi connectivity index (χ2n) is 6.68. The molecule has 4 nitrogen and oxygen atoms in total. The number of carbonyl (C=O) groups excluding carboxylic acids is 1. The lowest BCUT2D eigenvalue weighted by Crippen LogP contribution is -2.14. The van der Waals surface area contributed by atoms with Crippen molar-refractivity contribution in [2.45, 2.75) is 13.5 Å². The predicted molar refractivity (Wildman–Crippen MR) is 131 cm³/mol. The monoisotopic (exact) mass is 558 g/mol. The summed E-state index contributed by atoms with van der Waals surface area (Å²) in [5.74, 6) is 0.102. The summed E-state index contributed by atoms with van der Waals surface area (Å²) in [7, 11) is 0. The highest BCUT2D eigenvalue weighted by molar-refractivity contribution is 9.11. The number of nitriles is 1. The fourth-order valence-electron chi connectivity index (χ4n) is 2.79. The molecule has 7 heteroatoms. The fourth-order valence-corrected chi connectivity index (χ4v) is 4.59. The molecule has 156 valence electrons. The lowest BCUT2D eigenvalue weighted by Gasteiger charge is -2.11. The molecule has 0 aliphatic carbocycles. The van der Waals surface area contributed by atoms with Crippen molar-refractivity contribution in [3.8, 4) is 11.8 Å². The molecule has 0 radical (unpaired) electrons. The van der Waals surface area contributed by atoms with Crippen molar-refractivity contribution < 1.29 is 9.53 Å². The van der Waals surface area contributed by atoms with Gasteiger partial charge in [0.05, 0.1) is 5.69 Å². The van der Waals surface area contributed by atoms with Crippen LogP contribution >= 0.6 is 43.5 Å². The van der Waals surface area contributed by atoms with Crippen molar-refractivity contribution in [2.75, 3.05) is 5.32 Å². The number of nitrogens with zero attached hydrogens (tertiary/aromatic N) is 1. The molecule has 0 aromatic heterocycles. The molecule has 3 aromatic rings. The molecular formula is C24H17Br2ClN2O2. The van der Waals surface area contributed by atoms with Crippen LogP contribution < -0.4 is 10.1 Å². The van der Waals surface area contributed by atoms with Gasteiger partial charge in [0.15, 0.2) is 0 Å². The van der Waals surface area contributed by atoms with Crippen LogP contribution in [0.15, 0.2) is 75.2 Å². The number of hydrogen-bond acceptors (Lipinski definition) is 3. The van der Waals surface area contributed by atoms with Crippen molar-refractivity contribution in [1.29, 1.82) is 5.26 Å². The van der Waals surface area contributed by atoms with Crippen LogP contribution in [0.3, 0.4) is 0 Å². The number of nitrogens with one attached hydrogen (secondary N) is 1. The lowest BCUT2D eigenvalue weighted by atomic mass is 10.1. The van der Waals surface area contributed by atoms with E-state index in [1.165, 1.54) is 6.08 Å². The number of benzene rings is 3. The molecule has 1 amide bonds. The van der Waals surface area contributed by atoms with Crippen LogP contribution in [0.2, 0.25) is 5.02 Å². The highest BCUT2D eigenvalue weighted by atomic mass is 79.9. The zero-order valence-electron chi connectivity index (χ0n) is 16.5. The zero-order chi connectivity index (χ0) is 22.4. The first-order valence-electron chi connectivity index (χ1n) is 9.22. The highest BCUT2D eigenvalue weighted by Crippen LogP contribution is 2.32. The average molecular weight is 561 g/mol. The molecule has 0 spiro atoms. The van der Waals surface area contributed by atoms with E-state index in [1.807, 2.05) is 49.4 Å². The molecule has 1 N–H and O–H groups in total. The molecule has 0 atom stereocenters. The number of hydrogen-bond donors (Lipinski definition) is 1. The molecule has 0 fully saturated rings. The molecule has 31 heavy (non-hydrogen) atoms. The van der Waals surface area contributed by atoms with Gasteiger partial charge < -0.3 is 10.1 Å². The summed E-state index contributed by atoms with van der Waals surface area (Å²) < 4.78 is 7.26. The zero-order valence-corrected chi connectivity index (χ0v) is 20.4. The first kappa shape index (κ1) is 23.1. The summed E-state index contributed by atoms with van der Waals surface area (Å²) >= 11 is 13.0. The van der Waals surface area contributed by atoms with E-state index in [0.29, 0.717) is 28.6 Å². The quantitative estimate of drug-likeness (QED) is 0.254. The van der Waals surface area contributed by atoms with Gasteiger partial charge in [0.25, 0.3) is 5.91 Å². The van der Waals surface area contributed by atoms with E-state index < -0.39 is 5.91 Å². The molecule has 0 saturated carbocycles. The summed E-state index contributed by atoms with van der Waals surface area (Å²) in [6, 6.07) is 20.4. The van der Waals surface area contributed by atoms with Gasteiger partial charge in [-0.15, -0.1) is 0 Å². The molecule has 0 bridgehead atoms. The Kier molecular flexibility index (Phi) is 7.91. The largest absolute Gasteiger partial charge is 0.489 e. The van der Waals surface area contributed by atoms with E-state index in [4.69, 9.17) is 16.3 Å². The second-order valence-corrected chi connectivity index (χ2v) is 8.80. The Balaban J connectivity index is 1.76. The van der Waals surface area contributed by atoms with Crippen LogP contribution in [0.25, 0.3) is 6.08 Å². The van der Waals surface area contributed by atoms with E-state index in [9.17, 15) is 10.1 Å². The Morgan fingerprint density at radius 3 is 2.52 bits per heavy atom. The number of carbonyl (C=O) groups is 1. The van der Waals surface area contributed by atoms with Crippen LogP contribution in [0.1, 0.15) is 16.7 Å². The number of anilines is 1. The Bertz CT molecular complexity index is 1180. The summed E-state index contributed by atoms with van der Waals surface area (Å²) in [4.78, 5) is 12.7. The van der Waals surface area contributed by atoms with Crippen LogP contribution in [0.4, 0.5) is 5.69 Å². The van der Waals surface area contributed by atoms with Crippen LogP contribution in [0.5, 0.6) is 5.75 Å². The maximum atomic E-state index is 12.7. The van der Waals surface area contributed by atoms with Crippen LogP contribution in [-0.2, 0) is 11.4 Å². The van der Waals surface area contributed by atoms with Gasteiger partial charge in [-0.3, -0.25) is 4.79 Å². The molecule has 0 unspecified atom stereocenters. The molecule has 3 aromatic carbocycles. The van der Waals surface area contributed by atoms with E-state index in [2.05, 4.69) is 37.2 Å². The van der Waals surface area contributed by atoms with E-state index >= 15 is 0 Å². The minimum atomic E-state index is -0.504. The third-order valence-corrected chi connectivity index (χ3v) is 5.93. The van der Waals surface area contributed by atoms with Gasteiger partial charge in [0.1, 0.15) is 24.0 Å². The maximum Gasteiger partial charge on any atom is 0.266 e. The van der Waals surface area contributed by atoms with Gasteiger partial charge >= 0.3 is 0 Å². The summed E-state index contributed by atoms with van der Waals surface area (Å²) in [6.45, 7) is 2.26. The molecule has 3 rings (SSSR count). The van der Waals surface area contributed by atoms with Crippen molar-refractivity contribution in [3.05, 3.63) is 96.9 Å². The minimum Gasteiger partial charge on any atom is -0.489 e. The van der Waals surface area contributed by atoms with Gasteiger partial charge in [0, 0.05) is 19.5 Å². The average Bonchev–Trinajstić information content (AvgIpc) is 2.74. The van der Waals surface area contributed by atoms with E-state index in [1.54, 1.807) is 24.3 Å². The number of rotatable bonds is 6. The summed E-state index contributed by atoms with van der Waals surface area (Å²) in [5.41, 5.74) is 3.11. The fraction of sp³-hybridized carbons (Fsp3) is 0.0833. The van der Waals surface area contributed by atoms with Crippen molar-refractivity contribution in [3.63, 3.8) is 0 Å². The molecule has 0 saturated heterocycles. The van der Waals surface area contributed by atoms with Crippen LogP contribution in [-0.4, -0.2) is 5.91 Å². The maximum absolute atomic E-state index is 12.7. The smallest absolute Gasteiger partial charge is 0.266 e. The Hall–Kier alpha value is -2.59. The first-order chi connectivity index (χ1) is 14.9. The molecular weight excluding hydrogens is 544 g/mol. The first-order valence-corrected chi connectivity index (χ1v) is 11.2. The SMILES string of the molecule is Cc1cc(Br)c(NC(=O)/C(C#N)=C/c2cccc(OCc3ccccc3Cl)c2)c(Br)c1. The van der Waals surface area contributed by atoms with Gasteiger partial charge in [-0.05, 0) is 86.3 Å². The molecule has 0 heterocycles. The Labute approximate surface area is 202 Å². The van der Waals surface area contributed by atoms with Gasteiger partial charge in [-0.1, -0.05) is 41.9 Å². The highest BCUT2D eigenvalue weighted by Gasteiger charge is 2.14. The molecule has 0 aliphatic heterocycles. The topological polar surface area (TPSA) is 62.1 Å². The van der Waals surface area contributed by atoms with E-state index in [-0.39, 0.29) is 5.57 Å².